The van der Waals surface area contributed by atoms with E-state index in [4.69, 9.17) is 4.52 Å². The first-order chi connectivity index (χ1) is 11.8. The van der Waals surface area contributed by atoms with Crippen molar-refractivity contribution in [3.63, 3.8) is 0 Å². The van der Waals surface area contributed by atoms with E-state index >= 15 is 0 Å². The van der Waals surface area contributed by atoms with Crippen LogP contribution in [-0.4, -0.2) is 43.4 Å². The topological polar surface area (TPSA) is 92.5 Å². The smallest absolute Gasteiger partial charge is 0.248 e. The number of carbonyl (C=O) groups excluding carboxylic acids is 1. The molecule has 0 unspecified atom stereocenters. The van der Waals surface area contributed by atoms with Gasteiger partial charge in [-0.1, -0.05) is 25.4 Å². The van der Waals surface area contributed by atoms with Crippen LogP contribution in [0.5, 0.6) is 0 Å². The van der Waals surface area contributed by atoms with Gasteiger partial charge in [0, 0.05) is 26.1 Å². The molecule has 2 rings (SSSR count). The zero-order chi connectivity index (χ0) is 18.6. The van der Waals surface area contributed by atoms with Crippen molar-refractivity contribution in [3.05, 3.63) is 11.5 Å². The van der Waals surface area contributed by atoms with Gasteiger partial charge in [-0.3, -0.25) is 4.79 Å². The lowest BCUT2D eigenvalue weighted by molar-refractivity contribution is -0.122. The molecular weight excluding hydrogens is 342 g/mol. The summed E-state index contributed by atoms with van der Waals surface area (Å²) >= 11 is 0. The quantitative estimate of drug-likeness (QED) is 0.793. The Balaban J connectivity index is 2.09. The van der Waals surface area contributed by atoms with Gasteiger partial charge in [0.15, 0.2) is 5.76 Å². The van der Waals surface area contributed by atoms with Crippen molar-refractivity contribution in [3.8, 4) is 0 Å². The summed E-state index contributed by atoms with van der Waals surface area (Å²) in [6.07, 6.45) is 2.93. The van der Waals surface area contributed by atoms with E-state index in [-0.39, 0.29) is 22.6 Å². The molecular formula is C17H29N3O4S. The third kappa shape index (κ3) is 4.41. The molecule has 1 N–H and O–H groups in total. The molecule has 1 fully saturated rings. The normalized spacial score (nSPS) is 22.1. The average molecular weight is 372 g/mol. The second-order valence-corrected chi connectivity index (χ2v) is 8.66. The lowest BCUT2D eigenvalue weighted by atomic mass is 9.82. The van der Waals surface area contributed by atoms with Crippen LogP contribution in [0.4, 0.5) is 0 Å². The molecule has 1 aromatic rings. The molecule has 2 heterocycles. The Morgan fingerprint density at radius 1 is 1.32 bits per heavy atom. The summed E-state index contributed by atoms with van der Waals surface area (Å²) in [5, 5.41) is 6.68. The van der Waals surface area contributed by atoms with E-state index in [2.05, 4.69) is 10.5 Å². The monoisotopic (exact) mass is 371 g/mol. The fourth-order valence-electron chi connectivity index (χ4n) is 3.54. The van der Waals surface area contributed by atoms with Gasteiger partial charge in [0.2, 0.25) is 15.9 Å². The Bertz CT molecular complexity index is 679. The largest absolute Gasteiger partial charge is 0.360 e. The predicted octanol–water partition coefficient (Wildman–Crippen LogP) is 2.24. The van der Waals surface area contributed by atoms with Gasteiger partial charge in [-0.05, 0) is 38.5 Å². The molecule has 1 amide bonds. The summed E-state index contributed by atoms with van der Waals surface area (Å²) in [6.45, 7) is 8.89. The Kier molecular flexibility index (Phi) is 6.62. The van der Waals surface area contributed by atoms with Gasteiger partial charge in [-0.25, -0.2) is 8.42 Å². The Hall–Kier alpha value is -1.41. The van der Waals surface area contributed by atoms with Crippen LogP contribution in [0.2, 0.25) is 0 Å². The number of carbonyl (C=O) groups is 1. The van der Waals surface area contributed by atoms with E-state index in [0.717, 1.165) is 12.8 Å². The zero-order valence-electron chi connectivity index (χ0n) is 15.5. The maximum Gasteiger partial charge on any atom is 0.248 e. The Morgan fingerprint density at radius 3 is 2.60 bits per heavy atom. The highest BCUT2D eigenvalue weighted by Gasteiger charge is 2.38. The molecule has 1 aliphatic rings. The van der Waals surface area contributed by atoms with E-state index in [1.165, 1.54) is 4.31 Å². The van der Waals surface area contributed by atoms with Crippen LogP contribution >= 0.6 is 0 Å². The van der Waals surface area contributed by atoms with Crippen molar-refractivity contribution in [2.75, 3.05) is 19.6 Å². The lowest BCUT2D eigenvalue weighted by Gasteiger charge is -2.37. The summed E-state index contributed by atoms with van der Waals surface area (Å²) in [7, 11) is -3.61. The molecule has 25 heavy (non-hydrogen) atoms. The number of rotatable bonds is 7. The van der Waals surface area contributed by atoms with Gasteiger partial charge < -0.3 is 9.84 Å². The Morgan fingerprint density at radius 2 is 2.04 bits per heavy atom. The van der Waals surface area contributed by atoms with Crippen molar-refractivity contribution in [2.24, 2.45) is 11.8 Å². The third-order valence-corrected chi connectivity index (χ3v) is 7.07. The fraction of sp³-hybridized carbons (Fsp3) is 0.765. The van der Waals surface area contributed by atoms with Crippen LogP contribution in [0.1, 0.15) is 51.0 Å². The van der Waals surface area contributed by atoms with Crippen molar-refractivity contribution in [2.45, 2.75) is 58.3 Å². The van der Waals surface area contributed by atoms with Crippen molar-refractivity contribution >= 4 is 15.9 Å². The zero-order valence-corrected chi connectivity index (χ0v) is 16.4. The van der Waals surface area contributed by atoms with Gasteiger partial charge in [0.1, 0.15) is 10.6 Å². The van der Waals surface area contributed by atoms with E-state index in [1.54, 1.807) is 13.8 Å². The predicted molar refractivity (Wildman–Crippen MR) is 94.5 cm³/mol. The molecule has 2 atom stereocenters. The molecule has 1 aliphatic heterocycles. The molecule has 0 radical (unpaired) electrons. The molecule has 1 saturated heterocycles. The number of hydrogen-bond acceptors (Lipinski definition) is 5. The van der Waals surface area contributed by atoms with Crippen LogP contribution < -0.4 is 5.32 Å². The number of aryl methyl sites for hydroxylation is 2. The van der Waals surface area contributed by atoms with Crippen molar-refractivity contribution < 1.29 is 17.7 Å². The first kappa shape index (κ1) is 19.9. The standard InChI is InChI=1S/C17H29N3O4S/c1-5-8-18-16(21)10-15-7-9-20(11-14(15)6-2)25(22,23)17-12(3)19-24-13(17)4/h14-15H,5-11H2,1-4H3,(H,18,21)/t14-,15+/m0/s1. The number of hydrogen-bond donors (Lipinski definition) is 1. The average Bonchev–Trinajstić information content (AvgIpc) is 2.92. The highest BCUT2D eigenvalue weighted by molar-refractivity contribution is 7.89. The van der Waals surface area contributed by atoms with Crippen LogP contribution in [0.15, 0.2) is 9.42 Å². The molecule has 0 aromatic carbocycles. The molecule has 0 spiro atoms. The second-order valence-electron chi connectivity index (χ2n) is 6.79. The second kappa shape index (κ2) is 8.31. The van der Waals surface area contributed by atoms with Crippen LogP contribution in [0, 0.1) is 25.7 Å². The third-order valence-electron chi connectivity index (χ3n) is 4.96. The molecule has 0 saturated carbocycles. The molecule has 0 bridgehead atoms. The fourth-order valence-corrected chi connectivity index (χ4v) is 5.35. The molecule has 7 nitrogen and oxygen atoms in total. The number of nitrogens with zero attached hydrogens (tertiary/aromatic N) is 2. The number of aromatic nitrogens is 1. The van der Waals surface area contributed by atoms with Gasteiger partial charge in [-0.15, -0.1) is 0 Å². The summed E-state index contributed by atoms with van der Waals surface area (Å²) in [5.74, 6) is 0.785. The number of nitrogens with one attached hydrogen (secondary N) is 1. The maximum absolute atomic E-state index is 13.0. The summed E-state index contributed by atoms with van der Waals surface area (Å²) in [4.78, 5) is 12.2. The van der Waals surface area contributed by atoms with Gasteiger partial charge >= 0.3 is 0 Å². The minimum absolute atomic E-state index is 0.0623. The Labute approximate surface area is 150 Å². The van der Waals surface area contributed by atoms with E-state index in [1.807, 2.05) is 13.8 Å². The number of sulfonamides is 1. The van der Waals surface area contributed by atoms with Crippen LogP contribution in [-0.2, 0) is 14.8 Å². The first-order valence-electron chi connectivity index (χ1n) is 9.00. The van der Waals surface area contributed by atoms with E-state index in [9.17, 15) is 13.2 Å². The number of amides is 1. The van der Waals surface area contributed by atoms with Crippen LogP contribution in [0.3, 0.4) is 0 Å². The van der Waals surface area contributed by atoms with E-state index < -0.39 is 10.0 Å². The van der Waals surface area contributed by atoms with Gasteiger partial charge in [0.25, 0.3) is 0 Å². The highest BCUT2D eigenvalue weighted by Crippen LogP contribution is 2.33. The summed E-state index contributed by atoms with van der Waals surface area (Å²) < 4.78 is 32.5. The molecule has 142 valence electrons. The highest BCUT2D eigenvalue weighted by atomic mass is 32.2. The maximum atomic E-state index is 13.0. The number of piperidine rings is 1. The summed E-state index contributed by atoms with van der Waals surface area (Å²) in [5.41, 5.74) is 0.395. The molecule has 1 aromatic heterocycles. The lowest BCUT2D eigenvalue weighted by Crippen LogP contribution is -2.45. The van der Waals surface area contributed by atoms with Gasteiger partial charge in [0.05, 0.1) is 0 Å². The van der Waals surface area contributed by atoms with Crippen LogP contribution in [0.25, 0.3) is 0 Å². The minimum atomic E-state index is -3.61. The summed E-state index contributed by atoms with van der Waals surface area (Å²) in [6, 6.07) is 0. The van der Waals surface area contributed by atoms with Crippen molar-refractivity contribution in [1.29, 1.82) is 0 Å². The van der Waals surface area contributed by atoms with E-state index in [0.29, 0.717) is 43.9 Å². The minimum Gasteiger partial charge on any atom is -0.360 e. The SMILES string of the molecule is CCCNC(=O)C[C@H]1CCN(S(=O)(=O)c2c(C)noc2C)C[C@@H]1CC. The molecule has 0 aliphatic carbocycles. The first-order valence-corrected chi connectivity index (χ1v) is 10.4. The molecule has 8 heteroatoms. The van der Waals surface area contributed by atoms with Crippen molar-refractivity contribution in [1.82, 2.24) is 14.8 Å². The van der Waals surface area contributed by atoms with Gasteiger partial charge in [-0.2, -0.15) is 4.31 Å².